The molecular weight excluding hydrogens is 400 g/mol. The van der Waals surface area contributed by atoms with Crippen molar-refractivity contribution >= 4 is 0 Å². The van der Waals surface area contributed by atoms with Gasteiger partial charge in [0.15, 0.2) is 5.82 Å². The number of rotatable bonds is 8. The molecular formula is C22H23F2N7. The number of aryl methyl sites for hydroxylation is 1. The van der Waals surface area contributed by atoms with Crippen molar-refractivity contribution in [2.24, 2.45) is 0 Å². The zero-order valence-electron chi connectivity index (χ0n) is 17.4. The van der Waals surface area contributed by atoms with Crippen LogP contribution in [0.2, 0.25) is 0 Å². The van der Waals surface area contributed by atoms with Crippen LogP contribution in [0.15, 0.2) is 48.5 Å². The van der Waals surface area contributed by atoms with Crippen LogP contribution in [-0.2, 0) is 18.9 Å². The van der Waals surface area contributed by atoms with Crippen molar-refractivity contribution < 1.29 is 8.78 Å². The van der Waals surface area contributed by atoms with Crippen molar-refractivity contribution in [1.82, 2.24) is 35.4 Å². The van der Waals surface area contributed by atoms with Crippen molar-refractivity contribution in [2.75, 3.05) is 0 Å². The fourth-order valence-corrected chi connectivity index (χ4v) is 3.45. The molecule has 160 valence electrons. The smallest absolute Gasteiger partial charge is 0.245 e. The summed E-state index contributed by atoms with van der Waals surface area (Å²) in [6.07, 6.45) is 0.660. The largest absolute Gasteiger partial charge is 0.308 e. The standard InChI is InChI=1S/C22H23F2N7/c1-3-12-22(23,24)21-25-19(4-2)31(28-21)14-15-8-10-16(11-9-15)17-6-5-7-18(13-17)20-26-29-30-27-20/h5-11,13H,3-4,12,14H2,1-2H3,(H,26,27,29,30). The van der Waals surface area contributed by atoms with Gasteiger partial charge in [0.05, 0.1) is 6.54 Å². The molecule has 4 aromatic rings. The van der Waals surface area contributed by atoms with Crippen molar-refractivity contribution in [1.29, 1.82) is 0 Å². The van der Waals surface area contributed by atoms with Gasteiger partial charge in [-0.05, 0) is 39.6 Å². The molecule has 31 heavy (non-hydrogen) atoms. The molecule has 2 heterocycles. The Morgan fingerprint density at radius 1 is 1.00 bits per heavy atom. The number of hydrogen-bond acceptors (Lipinski definition) is 5. The number of tetrazole rings is 1. The average Bonchev–Trinajstić information content (AvgIpc) is 3.45. The lowest BCUT2D eigenvalue weighted by Crippen LogP contribution is -2.15. The minimum Gasteiger partial charge on any atom is -0.245 e. The summed E-state index contributed by atoms with van der Waals surface area (Å²) >= 11 is 0. The van der Waals surface area contributed by atoms with Gasteiger partial charge >= 0.3 is 5.92 Å². The van der Waals surface area contributed by atoms with Gasteiger partial charge in [0.25, 0.3) is 0 Å². The highest BCUT2D eigenvalue weighted by atomic mass is 19.3. The number of alkyl halides is 2. The molecule has 0 aliphatic heterocycles. The van der Waals surface area contributed by atoms with Gasteiger partial charge in [0.2, 0.25) is 5.82 Å². The highest BCUT2D eigenvalue weighted by Gasteiger charge is 2.35. The fraction of sp³-hybridized carbons (Fsp3) is 0.318. The van der Waals surface area contributed by atoms with Crippen molar-refractivity contribution in [3.63, 3.8) is 0 Å². The molecule has 0 bridgehead atoms. The average molecular weight is 423 g/mol. The molecule has 0 saturated carbocycles. The van der Waals surface area contributed by atoms with Crippen LogP contribution in [0.4, 0.5) is 8.78 Å². The van der Waals surface area contributed by atoms with E-state index in [9.17, 15) is 8.78 Å². The fourth-order valence-electron chi connectivity index (χ4n) is 3.45. The van der Waals surface area contributed by atoms with E-state index in [1.165, 1.54) is 0 Å². The lowest BCUT2D eigenvalue weighted by atomic mass is 10.0. The van der Waals surface area contributed by atoms with E-state index in [2.05, 4.69) is 30.7 Å². The van der Waals surface area contributed by atoms with Gasteiger partial charge in [-0.2, -0.15) is 8.78 Å². The van der Waals surface area contributed by atoms with Gasteiger partial charge in [-0.15, -0.1) is 10.2 Å². The summed E-state index contributed by atoms with van der Waals surface area (Å²) in [6, 6.07) is 15.9. The maximum atomic E-state index is 14.2. The van der Waals surface area contributed by atoms with Crippen LogP contribution < -0.4 is 0 Å². The third-order valence-corrected chi connectivity index (χ3v) is 5.06. The van der Waals surface area contributed by atoms with E-state index in [0.717, 1.165) is 22.3 Å². The van der Waals surface area contributed by atoms with Crippen LogP contribution in [0.3, 0.4) is 0 Å². The topological polar surface area (TPSA) is 85.2 Å². The Morgan fingerprint density at radius 3 is 2.45 bits per heavy atom. The molecule has 7 nitrogen and oxygen atoms in total. The first-order valence-electron chi connectivity index (χ1n) is 10.3. The van der Waals surface area contributed by atoms with Crippen molar-refractivity contribution in [3.8, 4) is 22.5 Å². The first-order valence-corrected chi connectivity index (χ1v) is 10.3. The summed E-state index contributed by atoms with van der Waals surface area (Å²) in [5, 5.41) is 18.0. The molecule has 4 rings (SSSR count). The number of nitrogens with zero attached hydrogens (tertiary/aromatic N) is 6. The molecule has 2 aromatic heterocycles. The van der Waals surface area contributed by atoms with E-state index in [-0.39, 0.29) is 12.2 Å². The molecule has 0 atom stereocenters. The molecule has 0 unspecified atom stereocenters. The lowest BCUT2D eigenvalue weighted by Gasteiger charge is -2.10. The van der Waals surface area contributed by atoms with Crippen LogP contribution >= 0.6 is 0 Å². The maximum Gasteiger partial charge on any atom is 0.308 e. The third-order valence-electron chi connectivity index (χ3n) is 5.06. The summed E-state index contributed by atoms with van der Waals surface area (Å²) < 4.78 is 30.1. The van der Waals surface area contributed by atoms with Gasteiger partial charge in [0, 0.05) is 18.4 Å². The molecule has 0 spiro atoms. The second kappa shape index (κ2) is 8.71. The minimum absolute atomic E-state index is 0.252. The molecule has 0 fully saturated rings. The summed E-state index contributed by atoms with van der Waals surface area (Å²) in [4.78, 5) is 4.10. The molecule has 0 aliphatic rings. The highest BCUT2D eigenvalue weighted by Crippen LogP contribution is 2.31. The number of halogens is 2. The number of H-pyrrole nitrogens is 1. The Bertz CT molecular complexity index is 1140. The van der Waals surface area contributed by atoms with E-state index in [4.69, 9.17) is 0 Å². The monoisotopic (exact) mass is 423 g/mol. The molecule has 9 heteroatoms. The lowest BCUT2D eigenvalue weighted by molar-refractivity contribution is -0.0232. The number of nitrogens with one attached hydrogen (secondary N) is 1. The molecule has 0 amide bonds. The second-order valence-corrected chi connectivity index (χ2v) is 7.34. The van der Waals surface area contributed by atoms with E-state index in [1.807, 2.05) is 55.5 Å². The first kappa shape index (κ1) is 20.8. The Labute approximate surface area is 178 Å². The Morgan fingerprint density at radius 2 is 1.77 bits per heavy atom. The van der Waals surface area contributed by atoms with Gasteiger partial charge in [0.1, 0.15) is 5.82 Å². The quantitative estimate of drug-likeness (QED) is 0.447. The normalized spacial score (nSPS) is 11.7. The van der Waals surface area contributed by atoms with E-state index >= 15 is 0 Å². The molecule has 2 aromatic carbocycles. The van der Waals surface area contributed by atoms with Crippen molar-refractivity contribution in [3.05, 3.63) is 65.7 Å². The van der Waals surface area contributed by atoms with Crippen LogP contribution in [0.25, 0.3) is 22.5 Å². The van der Waals surface area contributed by atoms with E-state index in [1.54, 1.807) is 11.6 Å². The zero-order valence-corrected chi connectivity index (χ0v) is 17.4. The first-order chi connectivity index (χ1) is 15.0. The number of aromatic nitrogens is 7. The Balaban J connectivity index is 1.55. The van der Waals surface area contributed by atoms with E-state index in [0.29, 0.717) is 31.0 Å². The predicted molar refractivity (Wildman–Crippen MR) is 112 cm³/mol. The molecule has 1 N–H and O–H groups in total. The summed E-state index contributed by atoms with van der Waals surface area (Å²) in [6.45, 7) is 4.01. The van der Waals surface area contributed by atoms with Crippen molar-refractivity contribution in [2.45, 2.75) is 45.6 Å². The van der Waals surface area contributed by atoms with Crippen LogP contribution in [0.5, 0.6) is 0 Å². The summed E-state index contributed by atoms with van der Waals surface area (Å²) in [7, 11) is 0. The third kappa shape index (κ3) is 4.50. The number of hydrogen-bond donors (Lipinski definition) is 1. The predicted octanol–water partition coefficient (Wildman–Crippen LogP) is 4.63. The summed E-state index contributed by atoms with van der Waals surface area (Å²) in [5.74, 6) is -2.23. The zero-order chi connectivity index (χ0) is 21.8. The maximum absolute atomic E-state index is 14.2. The Hall–Kier alpha value is -3.49. The molecule has 0 aliphatic carbocycles. The number of aromatic amines is 1. The van der Waals surface area contributed by atoms with Gasteiger partial charge in [-0.25, -0.2) is 14.8 Å². The van der Waals surface area contributed by atoms with Gasteiger partial charge in [-0.1, -0.05) is 56.3 Å². The van der Waals surface area contributed by atoms with Crippen LogP contribution in [-0.4, -0.2) is 35.4 Å². The SMILES string of the molecule is CCCC(F)(F)c1nc(CC)n(Cc2ccc(-c3cccc(-c4nnn[nH]4)c3)cc2)n1. The second-order valence-electron chi connectivity index (χ2n) is 7.34. The van der Waals surface area contributed by atoms with Gasteiger partial charge < -0.3 is 0 Å². The highest BCUT2D eigenvalue weighted by molar-refractivity contribution is 5.70. The number of benzene rings is 2. The molecule has 0 radical (unpaired) electrons. The van der Waals surface area contributed by atoms with Crippen LogP contribution in [0.1, 0.15) is 43.9 Å². The summed E-state index contributed by atoms with van der Waals surface area (Å²) in [5.41, 5.74) is 3.91. The van der Waals surface area contributed by atoms with E-state index < -0.39 is 5.92 Å². The van der Waals surface area contributed by atoms with Gasteiger partial charge in [-0.3, -0.25) is 0 Å². The van der Waals surface area contributed by atoms with Crippen LogP contribution in [0, 0.1) is 0 Å². The Kier molecular flexibility index (Phi) is 5.83. The molecule has 0 saturated heterocycles. The minimum atomic E-state index is -3.00.